The molecule has 0 aliphatic carbocycles. The maximum absolute atomic E-state index is 12.9. The Morgan fingerprint density at radius 3 is 2.71 bits per heavy atom. The third-order valence-corrected chi connectivity index (χ3v) is 6.06. The van der Waals surface area contributed by atoms with Gasteiger partial charge in [-0.3, -0.25) is 4.79 Å². The maximum Gasteiger partial charge on any atom is 0.227 e. The summed E-state index contributed by atoms with van der Waals surface area (Å²) < 4.78 is 1.83. The lowest BCUT2D eigenvalue weighted by Gasteiger charge is -2.44. The van der Waals surface area contributed by atoms with Crippen molar-refractivity contribution in [1.29, 1.82) is 0 Å². The first-order valence-electron chi connectivity index (χ1n) is 10.6. The van der Waals surface area contributed by atoms with E-state index in [2.05, 4.69) is 46.9 Å². The lowest BCUT2D eigenvalue weighted by molar-refractivity contribution is -0.131. The molecule has 1 fully saturated rings. The van der Waals surface area contributed by atoms with Crippen LogP contribution in [0.2, 0.25) is 0 Å². The van der Waals surface area contributed by atoms with Gasteiger partial charge in [0, 0.05) is 42.7 Å². The smallest absolute Gasteiger partial charge is 0.227 e. The normalized spacial score (nSPS) is 14.9. The number of likely N-dealkylation sites (N-methyl/N-ethyl adjacent to an activating group) is 1. The topological polar surface area (TPSA) is 82.4 Å². The summed E-state index contributed by atoms with van der Waals surface area (Å²) in [7, 11) is 1.90. The van der Waals surface area contributed by atoms with Gasteiger partial charge in [-0.05, 0) is 23.8 Å². The second-order valence-electron chi connectivity index (χ2n) is 9.33. The quantitative estimate of drug-likeness (QED) is 0.552. The molecule has 1 amide bonds. The Labute approximate surface area is 180 Å². The molecule has 0 spiro atoms. The molecular weight excluding hydrogens is 390 g/mol. The molecule has 8 heteroatoms. The number of hydrogen-bond donors (Lipinski definition) is 1. The van der Waals surface area contributed by atoms with E-state index in [4.69, 9.17) is 5.10 Å². The number of benzene rings is 1. The van der Waals surface area contributed by atoms with Crippen LogP contribution < -0.4 is 4.90 Å². The van der Waals surface area contributed by atoms with Gasteiger partial charge in [0.15, 0.2) is 11.5 Å². The molecule has 1 aliphatic heterocycles. The van der Waals surface area contributed by atoms with Crippen molar-refractivity contribution in [3.8, 4) is 0 Å². The number of fused-ring (bicyclic) bond motifs is 2. The summed E-state index contributed by atoms with van der Waals surface area (Å²) in [6.45, 7) is 7.84. The first-order chi connectivity index (χ1) is 14.8. The van der Waals surface area contributed by atoms with Crippen LogP contribution in [0.25, 0.3) is 16.6 Å². The average molecular weight is 418 g/mol. The molecule has 1 aliphatic rings. The number of H-pyrrole nitrogens is 1. The van der Waals surface area contributed by atoms with E-state index in [9.17, 15) is 4.79 Å². The minimum absolute atomic E-state index is 0.131. The van der Waals surface area contributed by atoms with Gasteiger partial charge < -0.3 is 14.8 Å². The van der Waals surface area contributed by atoms with Crippen molar-refractivity contribution in [1.82, 2.24) is 29.7 Å². The number of carbonyl (C=O) groups is 1. The fraction of sp³-hybridized carbons (Fsp3) is 0.391. The van der Waals surface area contributed by atoms with E-state index in [0.29, 0.717) is 6.42 Å². The molecule has 31 heavy (non-hydrogen) atoms. The highest BCUT2D eigenvalue weighted by Crippen LogP contribution is 2.25. The molecule has 0 unspecified atom stereocenters. The predicted molar refractivity (Wildman–Crippen MR) is 120 cm³/mol. The number of amides is 1. The minimum atomic E-state index is -0.141. The lowest BCUT2D eigenvalue weighted by atomic mass is 9.96. The third kappa shape index (κ3) is 3.41. The molecule has 4 aromatic rings. The number of aromatic nitrogens is 5. The molecule has 3 aromatic heterocycles. The number of anilines is 1. The van der Waals surface area contributed by atoms with Gasteiger partial charge in [0.05, 0.1) is 12.5 Å². The average Bonchev–Trinajstić information content (AvgIpc) is 3.30. The summed E-state index contributed by atoms with van der Waals surface area (Å²) in [5.41, 5.74) is 2.71. The zero-order valence-electron chi connectivity index (χ0n) is 18.3. The highest BCUT2D eigenvalue weighted by atomic mass is 16.2. The second kappa shape index (κ2) is 7.08. The third-order valence-electron chi connectivity index (χ3n) is 6.06. The molecule has 160 valence electrons. The van der Waals surface area contributed by atoms with Crippen LogP contribution in [-0.2, 0) is 16.6 Å². The number of nitrogens with one attached hydrogen (secondary N) is 1. The van der Waals surface area contributed by atoms with E-state index in [1.807, 2.05) is 53.0 Å². The molecule has 0 saturated carbocycles. The van der Waals surface area contributed by atoms with Gasteiger partial charge in [0.1, 0.15) is 5.82 Å². The molecular formula is C23H27N7O. The number of para-hydroxylation sites is 1. The molecule has 0 bridgehead atoms. The van der Waals surface area contributed by atoms with Gasteiger partial charge in [-0.2, -0.15) is 4.52 Å². The zero-order chi connectivity index (χ0) is 21.8. The second-order valence-corrected chi connectivity index (χ2v) is 9.33. The van der Waals surface area contributed by atoms with Crippen molar-refractivity contribution in [2.24, 2.45) is 0 Å². The van der Waals surface area contributed by atoms with E-state index >= 15 is 0 Å². The van der Waals surface area contributed by atoms with Gasteiger partial charge in [-0.15, -0.1) is 15.3 Å². The Balaban J connectivity index is 1.26. The van der Waals surface area contributed by atoms with Gasteiger partial charge in [-0.1, -0.05) is 39.0 Å². The molecule has 0 atom stereocenters. The van der Waals surface area contributed by atoms with E-state index < -0.39 is 0 Å². The van der Waals surface area contributed by atoms with Crippen LogP contribution in [0.15, 0.2) is 42.6 Å². The van der Waals surface area contributed by atoms with Gasteiger partial charge >= 0.3 is 0 Å². The van der Waals surface area contributed by atoms with Crippen LogP contribution in [-0.4, -0.2) is 61.8 Å². The van der Waals surface area contributed by atoms with E-state index in [-0.39, 0.29) is 17.4 Å². The fourth-order valence-electron chi connectivity index (χ4n) is 4.07. The largest absolute Gasteiger partial charge is 0.361 e. The van der Waals surface area contributed by atoms with Gasteiger partial charge in [-0.25, -0.2) is 0 Å². The predicted octanol–water partition coefficient (Wildman–Crippen LogP) is 2.79. The van der Waals surface area contributed by atoms with Crippen LogP contribution in [0.3, 0.4) is 0 Å². The Bertz CT molecular complexity index is 1260. The van der Waals surface area contributed by atoms with Crippen molar-refractivity contribution in [3.63, 3.8) is 0 Å². The Kier molecular flexibility index (Phi) is 4.46. The summed E-state index contributed by atoms with van der Waals surface area (Å²) in [6, 6.07) is 12.2. The fourth-order valence-corrected chi connectivity index (χ4v) is 4.07. The van der Waals surface area contributed by atoms with Crippen LogP contribution in [0.5, 0.6) is 0 Å². The Morgan fingerprint density at radius 2 is 1.94 bits per heavy atom. The summed E-state index contributed by atoms with van der Waals surface area (Å²) in [4.78, 5) is 20.2. The van der Waals surface area contributed by atoms with Crippen LogP contribution in [0.4, 0.5) is 5.82 Å². The number of aromatic amines is 1. The van der Waals surface area contributed by atoms with E-state index in [0.717, 1.165) is 46.8 Å². The molecule has 8 nitrogen and oxygen atoms in total. The zero-order valence-corrected chi connectivity index (χ0v) is 18.3. The van der Waals surface area contributed by atoms with Crippen LogP contribution >= 0.6 is 0 Å². The first-order valence-corrected chi connectivity index (χ1v) is 10.6. The van der Waals surface area contributed by atoms with Crippen LogP contribution in [0, 0.1) is 0 Å². The summed E-state index contributed by atoms with van der Waals surface area (Å²) in [6.07, 6.45) is 2.34. The monoisotopic (exact) mass is 417 g/mol. The Morgan fingerprint density at radius 1 is 1.16 bits per heavy atom. The Hall–Kier alpha value is -3.42. The molecule has 1 N–H and O–H groups in total. The minimum Gasteiger partial charge on any atom is -0.361 e. The maximum atomic E-state index is 12.9. The van der Waals surface area contributed by atoms with Crippen molar-refractivity contribution in [2.45, 2.75) is 38.6 Å². The van der Waals surface area contributed by atoms with E-state index in [1.54, 1.807) is 0 Å². The molecule has 1 aromatic carbocycles. The summed E-state index contributed by atoms with van der Waals surface area (Å²) in [5, 5.41) is 14.4. The molecule has 4 heterocycles. The standard InChI is InChI=1S/C23H27N7O/c1-23(2,3)22-26-25-19-9-10-20(27-30(19)22)29-13-16(14-29)28(4)21(31)11-15-12-24-18-8-6-5-7-17(15)18/h5-10,12,16,24H,11,13-14H2,1-4H3. The highest BCUT2D eigenvalue weighted by molar-refractivity contribution is 5.89. The number of carbonyl (C=O) groups excluding carboxylic acids is 1. The van der Waals surface area contributed by atoms with Crippen molar-refractivity contribution in [2.75, 3.05) is 25.0 Å². The van der Waals surface area contributed by atoms with Crippen molar-refractivity contribution < 1.29 is 4.79 Å². The van der Waals surface area contributed by atoms with Crippen molar-refractivity contribution in [3.05, 3.63) is 54.0 Å². The summed E-state index contributed by atoms with van der Waals surface area (Å²) >= 11 is 0. The molecule has 5 rings (SSSR count). The number of rotatable bonds is 4. The highest BCUT2D eigenvalue weighted by Gasteiger charge is 2.34. The number of nitrogens with zero attached hydrogens (tertiary/aromatic N) is 6. The SMILES string of the molecule is CN(C(=O)Cc1c[nH]c2ccccc12)C1CN(c2ccc3nnc(C(C)(C)C)n3n2)C1. The van der Waals surface area contributed by atoms with Gasteiger partial charge in [0.2, 0.25) is 5.91 Å². The molecule has 1 saturated heterocycles. The van der Waals surface area contributed by atoms with Gasteiger partial charge in [0.25, 0.3) is 0 Å². The number of hydrogen-bond acceptors (Lipinski definition) is 5. The van der Waals surface area contributed by atoms with E-state index in [1.165, 1.54) is 0 Å². The lowest BCUT2D eigenvalue weighted by Crippen LogP contribution is -2.60. The summed E-state index contributed by atoms with van der Waals surface area (Å²) in [5.74, 6) is 1.85. The van der Waals surface area contributed by atoms with Crippen LogP contribution in [0.1, 0.15) is 32.2 Å². The molecule has 0 radical (unpaired) electrons. The van der Waals surface area contributed by atoms with Crippen molar-refractivity contribution >= 4 is 28.3 Å². The first kappa shape index (κ1) is 19.5.